The summed E-state index contributed by atoms with van der Waals surface area (Å²) in [7, 11) is 1.98. The highest BCUT2D eigenvalue weighted by molar-refractivity contribution is 5.80. The Kier molecular flexibility index (Phi) is 6.26. The van der Waals surface area contributed by atoms with Crippen LogP contribution in [0.4, 0.5) is 0 Å². The number of ether oxygens (including phenoxy) is 2. The maximum absolute atomic E-state index is 12.3. The van der Waals surface area contributed by atoms with Gasteiger partial charge >= 0.3 is 0 Å². The lowest BCUT2D eigenvalue weighted by Gasteiger charge is -2.33. The van der Waals surface area contributed by atoms with E-state index in [1.807, 2.05) is 18.9 Å². The largest absolute Gasteiger partial charge is 0.376 e. The first-order valence-corrected chi connectivity index (χ1v) is 7.90. The summed E-state index contributed by atoms with van der Waals surface area (Å²) in [4.78, 5) is 14.2. The Labute approximate surface area is 122 Å². The fourth-order valence-corrected chi connectivity index (χ4v) is 2.91. The SMILES string of the molecule is CNC1CCN(C(=O)C(C)OCC2CCCCO2)CC1. The predicted octanol–water partition coefficient (Wildman–Crippen LogP) is 1.17. The number of hydrogen-bond acceptors (Lipinski definition) is 4. The van der Waals surface area contributed by atoms with Gasteiger partial charge in [-0.25, -0.2) is 0 Å². The van der Waals surface area contributed by atoms with Gasteiger partial charge in [-0.1, -0.05) is 0 Å². The smallest absolute Gasteiger partial charge is 0.251 e. The Bertz CT molecular complexity index is 297. The topological polar surface area (TPSA) is 50.8 Å². The number of rotatable bonds is 5. The minimum atomic E-state index is -0.355. The van der Waals surface area contributed by atoms with E-state index in [1.165, 1.54) is 6.42 Å². The zero-order valence-corrected chi connectivity index (χ0v) is 12.8. The second-order valence-electron chi connectivity index (χ2n) is 5.85. The minimum absolute atomic E-state index is 0.121. The van der Waals surface area contributed by atoms with E-state index in [-0.39, 0.29) is 18.1 Å². The van der Waals surface area contributed by atoms with Crippen LogP contribution >= 0.6 is 0 Å². The van der Waals surface area contributed by atoms with Crippen LogP contribution in [-0.2, 0) is 14.3 Å². The molecule has 5 heteroatoms. The molecule has 1 N–H and O–H groups in total. The molecule has 2 fully saturated rings. The molecular weight excluding hydrogens is 256 g/mol. The van der Waals surface area contributed by atoms with Gasteiger partial charge in [0, 0.05) is 25.7 Å². The molecule has 116 valence electrons. The summed E-state index contributed by atoms with van der Waals surface area (Å²) in [5.41, 5.74) is 0. The number of nitrogens with zero attached hydrogens (tertiary/aromatic N) is 1. The van der Waals surface area contributed by atoms with E-state index in [1.54, 1.807) is 0 Å². The zero-order valence-electron chi connectivity index (χ0n) is 12.8. The van der Waals surface area contributed by atoms with Gasteiger partial charge in [0.25, 0.3) is 5.91 Å². The number of carbonyl (C=O) groups is 1. The fourth-order valence-electron chi connectivity index (χ4n) is 2.91. The van der Waals surface area contributed by atoms with Crippen molar-refractivity contribution >= 4 is 5.91 Å². The molecule has 2 atom stereocenters. The molecule has 0 saturated carbocycles. The van der Waals surface area contributed by atoms with Crippen LogP contribution in [0.15, 0.2) is 0 Å². The molecule has 2 saturated heterocycles. The molecule has 2 aliphatic rings. The summed E-state index contributed by atoms with van der Waals surface area (Å²) >= 11 is 0. The van der Waals surface area contributed by atoms with Gasteiger partial charge in [0.1, 0.15) is 6.10 Å². The van der Waals surface area contributed by atoms with E-state index in [2.05, 4.69) is 5.32 Å². The van der Waals surface area contributed by atoms with Crippen LogP contribution < -0.4 is 5.32 Å². The van der Waals surface area contributed by atoms with Crippen LogP contribution in [0.2, 0.25) is 0 Å². The third kappa shape index (κ3) is 4.43. The summed E-state index contributed by atoms with van der Waals surface area (Å²) in [6, 6.07) is 0.547. The summed E-state index contributed by atoms with van der Waals surface area (Å²) in [6.07, 6.45) is 5.27. The second-order valence-corrected chi connectivity index (χ2v) is 5.85. The molecule has 2 rings (SSSR count). The van der Waals surface area contributed by atoms with Crippen molar-refractivity contribution in [1.29, 1.82) is 0 Å². The maximum Gasteiger partial charge on any atom is 0.251 e. The number of hydrogen-bond donors (Lipinski definition) is 1. The molecule has 0 aliphatic carbocycles. The minimum Gasteiger partial charge on any atom is -0.376 e. The fraction of sp³-hybridized carbons (Fsp3) is 0.933. The maximum atomic E-state index is 12.3. The van der Waals surface area contributed by atoms with E-state index < -0.39 is 0 Å². The molecule has 2 unspecified atom stereocenters. The summed E-state index contributed by atoms with van der Waals surface area (Å²) in [6.45, 7) is 4.89. The second kappa shape index (κ2) is 7.96. The van der Waals surface area contributed by atoms with Gasteiger partial charge < -0.3 is 19.7 Å². The Balaban J connectivity index is 1.69. The molecule has 1 amide bonds. The lowest BCUT2D eigenvalue weighted by atomic mass is 10.0. The number of piperidine rings is 1. The number of carbonyl (C=O) groups excluding carboxylic acids is 1. The van der Waals surface area contributed by atoms with Crippen LogP contribution in [0.25, 0.3) is 0 Å². The normalized spacial score (nSPS) is 26.5. The molecule has 0 radical (unpaired) electrons. The highest BCUT2D eigenvalue weighted by Gasteiger charge is 2.26. The van der Waals surface area contributed by atoms with Crippen molar-refractivity contribution in [2.75, 3.05) is 33.4 Å². The van der Waals surface area contributed by atoms with E-state index in [4.69, 9.17) is 9.47 Å². The summed E-state index contributed by atoms with van der Waals surface area (Å²) in [5.74, 6) is 0.121. The molecule has 0 aromatic rings. The first-order valence-electron chi connectivity index (χ1n) is 7.90. The van der Waals surface area contributed by atoms with Crippen LogP contribution in [0, 0.1) is 0 Å². The van der Waals surface area contributed by atoms with Crippen LogP contribution in [0.5, 0.6) is 0 Å². The first-order chi connectivity index (χ1) is 9.70. The Morgan fingerprint density at radius 2 is 2.10 bits per heavy atom. The molecule has 2 aliphatic heterocycles. The summed E-state index contributed by atoms with van der Waals surface area (Å²) < 4.78 is 11.3. The van der Waals surface area contributed by atoms with E-state index in [9.17, 15) is 4.79 Å². The van der Waals surface area contributed by atoms with Crippen molar-refractivity contribution in [3.63, 3.8) is 0 Å². The highest BCUT2D eigenvalue weighted by atomic mass is 16.5. The van der Waals surface area contributed by atoms with Crippen molar-refractivity contribution < 1.29 is 14.3 Å². The number of nitrogens with one attached hydrogen (secondary N) is 1. The predicted molar refractivity (Wildman–Crippen MR) is 77.7 cm³/mol. The highest BCUT2D eigenvalue weighted by Crippen LogP contribution is 2.15. The molecular formula is C15H28N2O3. The van der Waals surface area contributed by atoms with Crippen molar-refractivity contribution in [3.05, 3.63) is 0 Å². The van der Waals surface area contributed by atoms with Crippen molar-refractivity contribution in [1.82, 2.24) is 10.2 Å². The lowest BCUT2D eigenvalue weighted by Crippen LogP contribution is -2.47. The third-order valence-corrected chi connectivity index (χ3v) is 4.37. The average Bonchev–Trinajstić information content (AvgIpc) is 2.53. The van der Waals surface area contributed by atoms with Gasteiger partial charge in [-0.2, -0.15) is 0 Å². The molecule has 5 nitrogen and oxygen atoms in total. The van der Waals surface area contributed by atoms with Gasteiger partial charge in [-0.3, -0.25) is 4.79 Å². The molecule has 0 aromatic heterocycles. The van der Waals surface area contributed by atoms with Crippen molar-refractivity contribution in [3.8, 4) is 0 Å². The Morgan fingerprint density at radius 1 is 1.35 bits per heavy atom. The van der Waals surface area contributed by atoms with E-state index >= 15 is 0 Å². The number of likely N-dealkylation sites (tertiary alicyclic amines) is 1. The van der Waals surface area contributed by atoms with E-state index in [0.29, 0.717) is 12.6 Å². The monoisotopic (exact) mass is 284 g/mol. The molecule has 20 heavy (non-hydrogen) atoms. The van der Waals surface area contributed by atoms with Gasteiger partial charge in [-0.15, -0.1) is 0 Å². The first kappa shape index (κ1) is 15.7. The van der Waals surface area contributed by atoms with Crippen LogP contribution in [0.1, 0.15) is 39.0 Å². The Hall–Kier alpha value is -0.650. The molecule has 2 heterocycles. The lowest BCUT2D eigenvalue weighted by molar-refractivity contribution is -0.147. The van der Waals surface area contributed by atoms with Crippen molar-refractivity contribution in [2.45, 2.75) is 57.3 Å². The van der Waals surface area contributed by atoms with Gasteiger partial charge in [-0.05, 0) is 46.1 Å². The molecule has 0 spiro atoms. The standard InChI is InChI=1S/C15H28N2O3/c1-12(20-11-14-5-3-4-10-19-14)15(18)17-8-6-13(16-2)7-9-17/h12-14,16H,3-11H2,1-2H3. The van der Waals surface area contributed by atoms with Gasteiger partial charge in [0.2, 0.25) is 0 Å². The third-order valence-electron chi connectivity index (χ3n) is 4.37. The number of amides is 1. The Morgan fingerprint density at radius 3 is 2.70 bits per heavy atom. The average molecular weight is 284 g/mol. The zero-order chi connectivity index (χ0) is 14.4. The van der Waals surface area contributed by atoms with Gasteiger partial charge in [0.15, 0.2) is 0 Å². The van der Waals surface area contributed by atoms with Crippen LogP contribution in [-0.4, -0.2) is 62.4 Å². The van der Waals surface area contributed by atoms with Crippen LogP contribution in [0.3, 0.4) is 0 Å². The molecule has 0 aromatic carbocycles. The summed E-state index contributed by atoms with van der Waals surface area (Å²) in [5, 5.41) is 3.28. The van der Waals surface area contributed by atoms with E-state index in [0.717, 1.165) is 45.4 Å². The molecule has 0 bridgehead atoms. The van der Waals surface area contributed by atoms with Gasteiger partial charge in [0.05, 0.1) is 12.7 Å². The van der Waals surface area contributed by atoms with Crippen molar-refractivity contribution in [2.24, 2.45) is 0 Å². The quantitative estimate of drug-likeness (QED) is 0.823.